The number of fused-ring (bicyclic) bond motifs is 1. The van der Waals surface area contributed by atoms with E-state index in [1.165, 1.54) is 11.1 Å². The fraction of sp³-hybridized carbons (Fsp3) is 0.167. The molecule has 4 aromatic rings. The molecular formula is C30H30ClN5O3. The fourth-order valence-corrected chi connectivity index (χ4v) is 4.85. The molecule has 200 valence electrons. The van der Waals surface area contributed by atoms with Crippen LogP contribution in [0.15, 0.2) is 95.5 Å². The minimum Gasteiger partial charge on any atom is -0.373 e. The van der Waals surface area contributed by atoms with Gasteiger partial charge in [0.2, 0.25) is 0 Å². The number of carbonyl (C=O) groups excluding carboxylic acids is 1. The van der Waals surface area contributed by atoms with Gasteiger partial charge in [0.25, 0.3) is 11.5 Å². The van der Waals surface area contributed by atoms with E-state index in [0.29, 0.717) is 44.7 Å². The Hall–Kier alpha value is -4.40. The highest BCUT2D eigenvalue weighted by atomic mass is 35.5. The van der Waals surface area contributed by atoms with Crippen molar-refractivity contribution in [2.75, 3.05) is 13.6 Å². The van der Waals surface area contributed by atoms with E-state index in [1.807, 2.05) is 25.1 Å². The van der Waals surface area contributed by atoms with Crippen LogP contribution in [-0.2, 0) is 12.6 Å². The summed E-state index contributed by atoms with van der Waals surface area (Å²) in [5.74, 6) is 5.72. The molecule has 4 rings (SSSR count). The zero-order valence-corrected chi connectivity index (χ0v) is 22.7. The van der Waals surface area contributed by atoms with Crippen LogP contribution in [0.25, 0.3) is 22.0 Å². The van der Waals surface area contributed by atoms with E-state index in [2.05, 4.69) is 17.0 Å². The van der Waals surface area contributed by atoms with Crippen LogP contribution in [0.1, 0.15) is 28.4 Å². The van der Waals surface area contributed by atoms with Gasteiger partial charge in [0.15, 0.2) is 11.4 Å². The average molecular weight is 544 g/mol. The van der Waals surface area contributed by atoms with Crippen molar-refractivity contribution in [1.29, 1.82) is 0 Å². The minimum absolute atomic E-state index is 0.108. The van der Waals surface area contributed by atoms with Crippen LogP contribution >= 0.6 is 11.6 Å². The molecule has 0 bridgehead atoms. The molecule has 0 saturated carbocycles. The molecule has 1 unspecified atom stereocenters. The fourth-order valence-electron chi connectivity index (χ4n) is 4.66. The maximum atomic E-state index is 12.8. The number of nitrogens with two attached hydrogens (primary N) is 1. The van der Waals surface area contributed by atoms with Crippen LogP contribution in [0.2, 0.25) is 5.02 Å². The van der Waals surface area contributed by atoms with E-state index in [1.54, 1.807) is 73.3 Å². The van der Waals surface area contributed by atoms with Gasteiger partial charge in [-0.15, -0.1) is 0 Å². The summed E-state index contributed by atoms with van der Waals surface area (Å²) in [5, 5.41) is 20.4. The Morgan fingerprint density at radius 2 is 1.85 bits per heavy atom. The third-order valence-electron chi connectivity index (χ3n) is 6.76. The third kappa shape index (κ3) is 5.04. The summed E-state index contributed by atoms with van der Waals surface area (Å²) in [6.07, 6.45) is 1.49. The highest BCUT2D eigenvalue weighted by molar-refractivity contribution is 6.30. The van der Waals surface area contributed by atoms with Gasteiger partial charge in [0, 0.05) is 42.7 Å². The second-order valence-electron chi connectivity index (χ2n) is 9.09. The van der Waals surface area contributed by atoms with Crippen molar-refractivity contribution in [3.63, 3.8) is 0 Å². The number of hydrazone groups is 1. The number of pyridine rings is 1. The van der Waals surface area contributed by atoms with Crippen molar-refractivity contribution in [2.24, 2.45) is 18.0 Å². The summed E-state index contributed by atoms with van der Waals surface area (Å²) >= 11 is 6.27. The first-order chi connectivity index (χ1) is 18.6. The van der Waals surface area contributed by atoms with Gasteiger partial charge in [-0.25, -0.2) is 0 Å². The van der Waals surface area contributed by atoms with Crippen molar-refractivity contribution < 1.29 is 9.90 Å². The second kappa shape index (κ2) is 11.1. The van der Waals surface area contributed by atoms with Gasteiger partial charge in [0.1, 0.15) is 0 Å². The Balaban J connectivity index is 2.01. The summed E-state index contributed by atoms with van der Waals surface area (Å²) in [4.78, 5) is 26.7. The highest BCUT2D eigenvalue weighted by Crippen LogP contribution is 2.37. The van der Waals surface area contributed by atoms with Gasteiger partial charge >= 0.3 is 0 Å². The Bertz CT molecular complexity index is 1650. The molecule has 9 heteroatoms. The van der Waals surface area contributed by atoms with E-state index in [0.717, 1.165) is 5.56 Å². The van der Waals surface area contributed by atoms with Gasteiger partial charge in [0.05, 0.1) is 5.52 Å². The van der Waals surface area contributed by atoms with Crippen molar-refractivity contribution in [2.45, 2.75) is 12.5 Å². The lowest BCUT2D eigenvalue weighted by atomic mass is 9.83. The number of likely N-dealkylation sites (N-methyl/N-ethyl adjacent to an activating group) is 1. The molecule has 1 atom stereocenters. The first-order valence-electron chi connectivity index (χ1n) is 12.3. The molecule has 0 saturated heterocycles. The third-order valence-corrected chi connectivity index (χ3v) is 6.99. The number of halogens is 1. The molecule has 39 heavy (non-hydrogen) atoms. The number of benzene rings is 3. The molecule has 1 heterocycles. The van der Waals surface area contributed by atoms with Gasteiger partial charge in [-0.2, -0.15) is 5.10 Å². The van der Waals surface area contributed by atoms with Crippen LogP contribution in [0, 0.1) is 0 Å². The van der Waals surface area contributed by atoms with Gasteiger partial charge in [-0.05, 0) is 71.8 Å². The Kier molecular flexibility index (Phi) is 7.90. The molecule has 0 radical (unpaired) electrons. The highest BCUT2D eigenvalue weighted by Gasteiger charge is 2.40. The summed E-state index contributed by atoms with van der Waals surface area (Å²) in [7, 11) is 3.37. The number of aryl methyl sites for hydroxylation is 1. The molecule has 0 aliphatic carbocycles. The molecule has 0 aliphatic rings. The van der Waals surface area contributed by atoms with Crippen molar-refractivity contribution in [1.82, 2.24) is 14.8 Å². The number of nitrogens with one attached hydrogen (secondary N) is 1. The van der Waals surface area contributed by atoms with Crippen molar-refractivity contribution in [3.05, 3.63) is 118 Å². The molecule has 0 spiro atoms. The molecular weight excluding hydrogens is 514 g/mol. The Labute approximate surface area is 231 Å². The molecule has 3 aromatic carbocycles. The Morgan fingerprint density at radius 3 is 2.46 bits per heavy atom. The number of carbonyl (C=O) groups is 1. The number of amidine groups is 1. The van der Waals surface area contributed by atoms with Crippen molar-refractivity contribution in [3.8, 4) is 11.1 Å². The van der Waals surface area contributed by atoms with Crippen LogP contribution in [0.4, 0.5) is 0 Å². The maximum Gasteiger partial charge on any atom is 0.251 e. The average Bonchev–Trinajstić information content (AvgIpc) is 2.95. The first-order valence-corrected chi connectivity index (χ1v) is 12.7. The van der Waals surface area contributed by atoms with Crippen LogP contribution in [0.3, 0.4) is 0 Å². The lowest BCUT2D eigenvalue weighted by Crippen LogP contribution is -2.45. The number of hydrogen-bond acceptors (Lipinski definition) is 5. The predicted molar refractivity (Wildman–Crippen MR) is 157 cm³/mol. The normalized spacial score (nSPS) is 13.1. The van der Waals surface area contributed by atoms with E-state index in [4.69, 9.17) is 17.4 Å². The van der Waals surface area contributed by atoms with Crippen molar-refractivity contribution >= 4 is 34.2 Å². The minimum atomic E-state index is -1.84. The van der Waals surface area contributed by atoms with Crippen LogP contribution < -0.4 is 16.7 Å². The zero-order chi connectivity index (χ0) is 28.3. The standard InChI is InChI=1S/C30H30ClN5O3/c1-5-33-28(38)19-10-12-21(13-11-19)30(39,29(34-32)35(3)6-2)22-14-15-26-25(17-22)24(18-27(37)36(26)4)20-8-7-9-23(31)16-20/h6-18,39H,2,5,32H2,1,3-4H3,(H,33,38)/b34-29-. The lowest BCUT2D eigenvalue weighted by Gasteiger charge is -2.34. The zero-order valence-electron chi connectivity index (χ0n) is 22.0. The quantitative estimate of drug-likeness (QED) is 0.140. The van der Waals surface area contributed by atoms with Crippen LogP contribution in [-0.4, -0.2) is 39.9 Å². The lowest BCUT2D eigenvalue weighted by molar-refractivity contribution is 0.0955. The Morgan fingerprint density at radius 1 is 1.15 bits per heavy atom. The molecule has 0 aliphatic heterocycles. The monoisotopic (exact) mass is 543 g/mol. The maximum absolute atomic E-state index is 12.8. The largest absolute Gasteiger partial charge is 0.373 e. The number of aromatic nitrogens is 1. The van der Waals surface area contributed by atoms with E-state index >= 15 is 0 Å². The van der Waals surface area contributed by atoms with Gasteiger partial charge in [-0.1, -0.05) is 48.5 Å². The topological polar surface area (TPSA) is 113 Å². The molecule has 0 fully saturated rings. The number of amides is 1. The van der Waals surface area contributed by atoms with E-state index in [9.17, 15) is 14.7 Å². The number of hydrogen-bond donors (Lipinski definition) is 3. The summed E-state index contributed by atoms with van der Waals surface area (Å²) in [6, 6.07) is 20.7. The second-order valence-corrected chi connectivity index (χ2v) is 9.53. The number of nitrogens with zero attached hydrogens (tertiary/aromatic N) is 3. The molecule has 1 aromatic heterocycles. The number of rotatable bonds is 7. The van der Waals surface area contributed by atoms with Crippen LogP contribution in [0.5, 0.6) is 0 Å². The molecule has 8 nitrogen and oxygen atoms in total. The van der Waals surface area contributed by atoms with Gasteiger partial charge in [-0.3, -0.25) is 9.59 Å². The summed E-state index contributed by atoms with van der Waals surface area (Å²) in [5.41, 5.74) is 1.38. The molecule has 4 N–H and O–H groups in total. The van der Waals surface area contributed by atoms with E-state index in [-0.39, 0.29) is 17.3 Å². The first kappa shape index (κ1) is 27.6. The van der Waals surface area contributed by atoms with E-state index < -0.39 is 5.60 Å². The van der Waals surface area contributed by atoms with Gasteiger partial charge < -0.3 is 25.7 Å². The summed E-state index contributed by atoms with van der Waals surface area (Å²) < 4.78 is 1.54. The SMILES string of the molecule is C=CN(C)/C(=N\N)C(O)(c1ccc(C(=O)NCC)cc1)c1ccc2c(c1)c(-c1cccc(Cl)c1)cc(=O)n2C. The summed E-state index contributed by atoms with van der Waals surface area (Å²) in [6.45, 7) is 6.13. The smallest absolute Gasteiger partial charge is 0.251 e. The number of aliphatic hydroxyl groups is 1. The molecule has 1 amide bonds. The predicted octanol–water partition coefficient (Wildman–Crippen LogP) is 4.19.